The van der Waals surface area contributed by atoms with E-state index < -0.39 is 5.41 Å². The van der Waals surface area contributed by atoms with E-state index in [1.54, 1.807) is 0 Å². The lowest BCUT2D eigenvalue weighted by molar-refractivity contribution is 0.581. The van der Waals surface area contributed by atoms with Gasteiger partial charge in [-0.05, 0) is 160 Å². The van der Waals surface area contributed by atoms with Gasteiger partial charge in [-0.3, -0.25) is 0 Å². The number of rotatable bonds is 5. The molecule has 0 heterocycles. The van der Waals surface area contributed by atoms with Crippen LogP contribution in [0.15, 0.2) is 151 Å². The molecule has 1 unspecified atom stereocenters. The minimum atomic E-state index is -0.533. The van der Waals surface area contributed by atoms with Crippen molar-refractivity contribution < 1.29 is 0 Å². The third kappa shape index (κ3) is 7.52. The average Bonchev–Trinajstić information content (AvgIpc) is 3.84. The quantitative estimate of drug-likeness (QED) is 0.166. The van der Waals surface area contributed by atoms with Crippen molar-refractivity contribution >= 4 is 22.6 Å². The lowest BCUT2D eigenvalue weighted by atomic mass is 9.68. The number of hydrogen-bond acceptors (Lipinski definition) is 1. The molecule has 0 radical (unpaired) electrons. The molecule has 1 heteroatoms. The molecule has 0 saturated heterocycles. The van der Waals surface area contributed by atoms with E-state index in [1.807, 2.05) is 0 Å². The van der Waals surface area contributed by atoms with Crippen LogP contribution in [0, 0.1) is 0 Å². The third-order valence-corrected chi connectivity index (χ3v) is 17.8. The Balaban J connectivity index is 1.29. The van der Waals surface area contributed by atoms with Gasteiger partial charge in [0.05, 0.1) is 11.4 Å². The van der Waals surface area contributed by atoms with E-state index in [1.165, 1.54) is 123 Å². The van der Waals surface area contributed by atoms with Crippen LogP contribution in [0.5, 0.6) is 0 Å². The number of hydrogen-bond donors (Lipinski definition) is 0. The minimum absolute atomic E-state index is 0.0554. The fourth-order valence-electron chi connectivity index (χ4n) is 13.2. The zero-order valence-electron chi connectivity index (χ0n) is 47.2. The fourth-order valence-corrected chi connectivity index (χ4v) is 13.2. The summed E-state index contributed by atoms with van der Waals surface area (Å²) in [6, 6.07) is 53.4. The second-order valence-electron chi connectivity index (χ2n) is 27.5. The van der Waals surface area contributed by atoms with E-state index >= 15 is 0 Å². The molecule has 0 amide bonds. The molecule has 1 atom stereocenters. The minimum Gasteiger partial charge on any atom is -0.309 e. The monoisotopic (exact) mass is 958 g/mol. The zero-order valence-corrected chi connectivity index (χ0v) is 47.2. The van der Waals surface area contributed by atoms with Crippen LogP contribution in [0.4, 0.5) is 17.1 Å². The molecule has 11 rings (SSSR count). The first-order chi connectivity index (χ1) is 34.1. The molecule has 0 aliphatic heterocycles. The van der Waals surface area contributed by atoms with Gasteiger partial charge in [0.25, 0.3) is 0 Å². The molecule has 0 fully saturated rings. The predicted octanol–water partition coefficient (Wildman–Crippen LogP) is 20.0. The topological polar surface area (TPSA) is 3.24 Å². The highest BCUT2D eigenvalue weighted by atomic mass is 15.2. The molecular formula is C72H79N. The Kier molecular flexibility index (Phi) is 10.9. The normalized spacial score (nSPS) is 18.3. The summed E-state index contributed by atoms with van der Waals surface area (Å²) in [6.45, 7) is 40.7. The van der Waals surface area contributed by atoms with Gasteiger partial charge in [0.2, 0.25) is 0 Å². The van der Waals surface area contributed by atoms with Crippen LogP contribution in [-0.2, 0) is 37.9 Å². The molecule has 4 aliphatic rings. The standard InChI is InChI=1S/C72H79N/c1-66(2,3)45-31-29-44(30-32-45)50-36-33-46(67(4,5)6)39-59(50)72(17)60-40-47(68(7,8)9)34-37-54(60)65-61(72)41-48(69(10,11)12)42-63(65)73(49-35-38-52-51-23-18-20-25-55(51)71(15,16)58(52)43-49)62-28-22-27-57-64(62)53-24-19-21-26-56(53)70(57,13)14/h19,21-43H,18,20H2,1-17H3. The van der Waals surface area contributed by atoms with Crippen LogP contribution >= 0.6 is 0 Å². The number of fused-ring (bicyclic) bond motifs is 9. The van der Waals surface area contributed by atoms with Crippen molar-refractivity contribution in [1.29, 1.82) is 0 Å². The average molecular weight is 958 g/mol. The Morgan fingerprint density at radius 2 is 0.890 bits per heavy atom. The smallest absolute Gasteiger partial charge is 0.0546 e. The first-order valence-corrected chi connectivity index (χ1v) is 27.3. The van der Waals surface area contributed by atoms with Crippen LogP contribution in [-0.4, -0.2) is 0 Å². The van der Waals surface area contributed by atoms with E-state index in [0.29, 0.717) is 0 Å². The lowest BCUT2D eigenvalue weighted by Gasteiger charge is -2.36. The summed E-state index contributed by atoms with van der Waals surface area (Å²) in [4.78, 5) is 2.71. The summed E-state index contributed by atoms with van der Waals surface area (Å²) in [5.41, 5.74) is 28.4. The lowest BCUT2D eigenvalue weighted by Crippen LogP contribution is -2.27. The molecular weight excluding hydrogens is 879 g/mol. The van der Waals surface area contributed by atoms with Crippen molar-refractivity contribution in [2.75, 3.05) is 4.90 Å². The van der Waals surface area contributed by atoms with Crippen molar-refractivity contribution in [3.05, 3.63) is 212 Å². The number of nitrogens with zero attached hydrogens (tertiary/aromatic N) is 1. The van der Waals surface area contributed by atoms with Gasteiger partial charge in [-0.1, -0.05) is 232 Å². The predicted molar refractivity (Wildman–Crippen MR) is 315 cm³/mol. The highest BCUT2D eigenvalue weighted by Crippen LogP contribution is 2.62. The molecule has 1 nitrogen and oxygen atoms in total. The van der Waals surface area contributed by atoms with E-state index in [0.717, 1.165) is 12.8 Å². The van der Waals surface area contributed by atoms with Crippen LogP contribution in [0.1, 0.15) is 192 Å². The molecule has 0 saturated carbocycles. The fraction of sp³-hybridized carbons (Fsp3) is 0.361. The van der Waals surface area contributed by atoms with Crippen LogP contribution in [0.2, 0.25) is 0 Å². The van der Waals surface area contributed by atoms with Gasteiger partial charge in [-0.15, -0.1) is 0 Å². The number of anilines is 3. The van der Waals surface area contributed by atoms with Gasteiger partial charge in [0.15, 0.2) is 0 Å². The molecule has 73 heavy (non-hydrogen) atoms. The van der Waals surface area contributed by atoms with E-state index in [9.17, 15) is 0 Å². The highest BCUT2D eigenvalue weighted by Gasteiger charge is 2.47. The highest BCUT2D eigenvalue weighted by molar-refractivity contribution is 6.02. The Morgan fingerprint density at radius 1 is 0.370 bits per heavy atom. The number of allylic oxidation sites excluding steroid dienone is 4. The van der Waals surface area contributed by atoms with Gasteiger partial charge in [0.1, 0.15) is 0 Å². The summed E-state index contributed by atoms with van der Waals surface area (Å²) < 4.78 is 0. The number of benzene rings is 7. The molecule has 0 aromatic heterocycles. The molecule has 0 spiro atoms. The SMILES string of the molecule is CC(C)(C)c1ccc(-c2ccc(C(C)(C)C)cc2C2(C)c3cc(C(C)(C)C)ccc3-c3c(N(c4ccc5c(c4)C(C)(C)C4=CCCC=C45)c4cccc5c4-c4ccccc4C5(C)C)cc(C(C)(C)C)cc32)cc1. The molecule has 0 bridgehead atoms. The van der Waals surface area contributed by atoms with E-state index in [2.05, 4.69) is 268 Å². The van der Waals surface area contributed by atoms with Gasteiger partial charge >= 0.3 is 0 Å². The zero-order chi connectivity index (χ0) is 52.2. The molecule has 7 aromatic rings. The first kappa shape index (κ1) is 49.1. The maximum Gasteiger partial charge on any atom is 0.0546 e. The Hall–Kier alpha value is -6.18. The van der Waals surface area contributed by atoms with Crippen molar-refractivity contribution in [2.45, 2.75) is 168 Å². The molecule has 372 valence electrons. The van der Waals surface area contributed by atoms with Crippen LogP contribution < -0.4 is 4.90 Å². The summed E-state index contributed by atoms with van der Waals surface area (Å²) in [6.07, 6.45) is 7.21. The summed E-state index contributed by atoms with van der Waals surface area (Å²) in [5.74, 6) is 0. The van der Waals surface area contributed by atoms with Crippen molar-refractivity contribution in [3.63, 3.8) is 0 Å². The maximum absolute atomic E-state index is 2.71. The van der Waals surface area contributed by atoms with E-state index in [4.69, 9.17) is 0 Å². The Morgan fingerprint density at radius 3 is 1.53 bits per heavy atom. The van der Waals surface area contributed by atoms with Gasteiger partial charge < -0.3 is 4.90 Å². The van der Waals surface area contributed by atoms with Gasteiger partial charge in [0, 0.05) is 33.1 Å². The van der Waals surface area contributed by atoms with E-state index in [-0.39, 0.29) is 32.5 Å². The van der Waals surface area contributed by atoms with Crippen molar-refractivity contribution in [3.8, 4) is 33.4 Å². The largest absolute Gasteiger partial charge is 0.309 e. The molecule has 4 aliphatic carbocycles. The Labute approximate surface area is 439 Å². The third-order valence-electron chi connectivity index (χ3n) is 17.8. The maximum atomic E-state index is 2.71. The second-order valence-corrected chi connectivity index (χ2v) is 27.5. The molecule has 0 N–H and O–H groups in total. The van der Waals surface area contributed by atoms with Gasteiger partial charge in [-0.2, -0.15) is 0 Å². The summed E-state index contributed by atoms with van der Waals surface area (Å²) in [5, 5.41) is 0. The Bertz CT molecular complexity index is 3480. The van der Waals surface area contributed by atoms with Crippen molar-refractivity contribution in [1.82, 2.24) is 0 Å². The first-order valence-electron chi connectivity index (χ1n) is 27.3. The van der Waals surface area contributed by atoms with Gasteiger partial charge in [-0.25, -0.2) is 0 Å². The van der Waals surface area contributed by atoms with Crippen LogP contribution in [0.25, 0.3) is 39.0 Å². The summed E-state index contributed by atoms with van der Waals surface area (Å²) in [7, 11) is 0. The second kappa shape index (κ2) is 16.2. The summed E-state index contributed by atoms with van der Waals surface area (Å²) >= 11 is 0. The molecule has 7 aromatic carbocycles. The van der Waals surface area contributed by atoms with Crippen LogP contribution in [0.3, 0.4) is 0 Å². The van der Waals surface area contributed by atoms with Crippen molar-refractivity contribution in [2.24, 2.45) is 0 Å².